The number of anilines is 2. The molecule has 1 aliphatic heterocycles. The molecule has 1 heterocycles. The number of hydrogen-bond acceptors (Lipinski definition) is 9. The second-order valence-corrected chi connectivity index (χ2v) is 16.7. The van der Waals surface area contributed by atoms with E-state index in [0.29, 0.717) is 5.69 Å². The van der Waals surface area contributed by atoms with Gasteiger partial charge in [-0.25, -0.2) is 0 Å². The predicted molar refractivity (Wildman–Crippen MR) is 265 cm³/mol. The Bertz CT molecular complexity index is 3360. The molecule has 66 heavy (non-hydrogen) atoms. The van der Waals surface area contributed by atoms with Crippen molar-refractivity contribution < 1.29 is 38.3 Å². The minimum atomic E-state index is -1.22. The molecule has 0 radical (unpaired) electrons. The molecule has 1 fully saturated rings. The van der Waals surface area contributed by atoms with Crippen molar-refractivity contribution in [1.82, 2.24) is 0 Å². The highest BCUT2D eigenvalue weighted by Gasteiger charge is 2.28. The lowest BCUT2D eigenvalue weighted by Gasteiger charge is -2.27. The molecule has 10 heteroatoms. The maximum absolute atomic E-state index is 14.1. The molecule has 11 rings (SSSR count). The average molecular weight is 877 g/mol. The largest absolute Gasteiger partial charge is 0.493 e. The zero-order valence-electron chi connectivity index (χ0n) is 36.3. The first kappa shape index (κ1) is 41.6. The van der Waals surface area contributed by atoms with Crippen LogP contribution in [0.5, 0.6) is 0 Å². The first-order chi connectivity index (χ1) is 32.4. The molecule has 10 aromatic carbocycles. The minimum Gasteiger partial charge on any atom is -0.493 e. The molecule has 1 aliphatic rings. The number of fused-ring (bicyclic) bond motifs is 4. The number of ether oxygens (including phenoxy) is 6. The summed E-state index contributed by atoms with van der Waals surface area (Å²) in [6.07, 6.45) is -3.29. The summed E-state index contributed by atoms with van der Waals surface area (Å²) in [5, 5.41) is 36.3. The van der Waals surface area contributed by atoms with E-state index in [0.717, 1.165) is 48.8 Å². The topological polar surface area (TPSA) is 117 Å². The summed E-state index contributed by atoms with van der Waals surface area (Å²) in [6, 6.07) is 46.2. The van der Waals surface area contributed by atoms with E-state index in [1.54, 1.807) is 0 Å². The second-order valence-electron chi connectivity index (χ2n) is 16.7. The van der Waals surface area contributed by atoms with E-state index >= 15 is 0 Å². The average Bonchev–Trinajstić information content (AvgIpc) is 3.34. The molecule has 3 N–H and O–H groups in total. The Morgan fingerprint density at radius 2 is 0.879 bits per heavy atom. The van der Waals surface area contributed by atoms with E-state index in [2.05, 4.69) is 127 Å². The van der Waals surface area contributed by atoms with Gasteiger partial charge in [0.05, 0.1) is 39.6 Å². The highest BCUT2D eigenvalue weighted by atomic mass is 16.6. The fourth-order valence-electron chi connectivity index (χ4n) is 9.92. The lowest BCUT2D eigenvalue weighted by molar-refractivity contribution is -0.129. The smallest absolute Gasteiger partial charge is 0.261 e. The van der Waals surface area contributed by atoms with E-state index in [1.807, 2.05) is 30.3 Å². The van der Waals surface area contributed by atoms with E-state index in [4.69, 9.17) is 28.4 Å². The van der Waals surface area contributed by atoms with Crippen molar-refractivity contribution in [2.24, 2.45) is 0 Å². The van der Waals surface area contributed by atoms with Gasteiger partial charge < -0.3 is 44.2 Å². The van der Waals surface area contributed by atoms with Crippen molar-refractivity contribution in [3.05, 3.63) is 158 Å². The van der Waals surface area contributed by atoms with E-state index < -0.39 is 24.3 Å². The SMILES string of the molecule is C=C1OCCOCCOC(C(O)Nc2ccc3c4cccc5cccc(c6cccc2c63)c54)C(=C)OCCOCCOC1C(=O)Nc1ccc2c3cccc4cccc(c5cccc1c52)c43. The zero-order valence-corrected chi connectivity index (χ0v) is 36.3. The van der Waals surface area contributed by atoms with Crippen molar-refractivity contribution in [3.63, 3.8) is 0 Å². The predicted octanol–water partition coefficient (Wildman–Crippen LogP) is 11.0. The summed E-state index contributed by atoms with van der Waals surface area (Å²) in [4.78, 5) is 14.1. The number of rotatable bonds is 5. The van der Waals surface area contributed by atoms with Crippen molar-refractivity contribution in [1.29, 1.82) is 0 Å². The summed E-state index contributed by atoms with van der Waals surface area (Å²) >= 11 is 0. The van der Waals surface area contributed by atoms with Crippen molar-refractivity contribution in [2.45, 2.75) is 18.4 Å². The molecule has 3 atom stereocenters. The quantitative estimate of drug-likeness (QED) is 0.0883. The van der Waals surface area contributed by atoms with Crippen LogP contribution in [0.3, 0.4) is 0 Å². The fraction of sp³-hybridized carbons (Fsp3) is 0.196. The number of amides is 1. The van der Waals surface area contributed by atoms with Gasteiger partial charge in [-0.05, 0) is 87.5 Å². The van der Waals surface area contributed by atoms with Gasteiger partial charge in [0.2, 0.25) is 0 Å². The lowest BCUT2D eigenvalue weighted by atomic mass is 9.89. The van der Waals surface area contributed by atoms with Gasteiger partial charge in [-0.15, -0.1) is 0 Å². The van der Waals surface area contributed by atoms with E-state index in [-0.39, 0.29) is 64.4 Å². The molecule has 0 aliphatic carbocycles. The van der Waals surface area contributed by atoms with Crippen LogP contribution >= 0.6 is 0 Å². The maximum Gasteiger partial charge on any atom is 0.261 e. The van der Waals surface area contributed by atoms with Crippen molar-refractivity contribution in [2.75, 3.05) is 63.5 Å². The fourth-order valence-corrected chi connectivity index (χ4v) is 9.92. The second kappa shape index (κ2) is 17.7. The van der Waals surface area contributed by atoms with Gasteiger partial charge in [-0.2, -0.15) is 0 Å². The van der Waals surface area contributed by atoms with E-state index in [1.165, 1.54) is 43.1 Å². The summed E-state index contributed by atoms with van der Waals surface area (Å²) < 4.78 is 36.0. The summed E-state index contributed by atoms with van der Waals surface area (Å²) in [7, 11) is 0. The molecule has 3 unspecified atom stereocenters. The molecule has 1 saturated heterocycles. The standard InChI is InChI=1S/C56H48N2O8/c1-33-53(55(59)57-47-23-21-43-39-15-5-11-35-9-3-13-37(49(35)39)41-17-7-19-45(47)51(41)43)65-31-27-62-26-30-64-34(2)54(66-32-28-61-25-29-63-33)56(60)58-48-24-22-44-40-16-6-12-36-10-4-14-38(50(36)40)42-18-8-20-46(48)52(42)44/h3-24,53-55,57,59H,1-2,25-32H2,(H,58,60). The molecule has 0 spiro atoms. The van der Waals surface area contributed by atoms with Gasteiger partial charge in [-0.3, -0.25) is 4.79 Å². The van der Waals surface area contributed by atoms with Gasteiger partial charge in [0.25, 0.3) is 5.91 Å². The first-order valence-electron chi connectivity index (χ1n) is 22.4. The third-order valence-corrected chi connectivity index (χ3v) is 12.8. The third kappa shape index (κ3) is 7.43. The highest BCUT2D eigenvalue weighted by molar-refractivity contribution is 6.35. The molecule has 0 bridgehead atoms. The van der Waals surface area contributed by atoms with Gasteiger partial charge in [0.1, 0.15) is 24.7 Å². The van der Waals surface area contributed by atoms with Crippen LogP contribution in [-0.4, -0.2) is 82.3 Å². The zero-order chi connectivity index (χ0) is 44.7. The summed E-state index contributed by atoms with van der Waals surface area (Å²) in [5.74, 6) is -0.0441. The first-order valence-corrected chi connectivity index (χ1v) is 22.4. The lowest BCUT2D eigenvalue weighted by Crippen LogP contribution is -2.38. The molecule has 1 amide bonds. The molecule has 0 saturated carbocycles. The molecule has 0 aromatic heterocycles. The Kier molecular flexibility index (Phi) is 11.2. The van der Waals surface area contributed by atoms with E-state index in [9.17, 15) is 9.90 Å². The van der Waals surface area contributed by atoms with Crippen molar-refractivity contribution in [3.8, 4) is 0 Å². The van der Waals surface area contributed by atoms with Crippen molar-refractivity contribution >= 4 is 103 Å². The van der Waals surface area contributed by atoms with Gasteiger partial charge in [0.15, 0.2) is 18.4 Å². The van der Waals surface area contributed by atoms with Crippen LogP contribution in [0.1, 0.15) is 0 Å². The Hall–Kier alpha value is -7.05. The number of aliphatic hydroxyl groups is 1. The van der Waals surface area contributed by atoms with Gasteiger partial charge in [-0.1, -0.05) is 134 Å². The highest BCUT2D eigenvalue weighted by Crippen LogP contribution is 2.44. The number of hydrogen-bond donors (Lipinski definition) is 3. The number of carbonyl (C=O) groups is 1. The van der Waals surface area contributed by atoms with Crippen LogP contribution in [0.4, 0.5) is 11.4 Å². The third-order valence-electron chi connectivity index (χ3n) is 12.8. The van der Waals surface area contributed by atoms with Crippen LogP contribution < -0.4 is 10.6 Å². The monoisotopic (exact) mass is 876 g/mol. The Morgan fingerprint density at radius 3 is 1.42 bits per heavy atom. The van der Waals surface area contributed by atoms with Crippen LogP contribution in [0.2, 0.25) is 0 Å². The Morgan fingerprint density at radius 1 is 0.470 bits per heavy atom. The van der Waals surface area contributed by atoms with Crippen LogP contribution in [0, 0.1) is 0 Å². The molecular formula is C56H48N2O8. The summed E-state index contributed by atoms with van der Waals surface area (Å²) in [6.45, 7) is 9.39. The molecular weight excluding hydrogens is 829 g/mol. The summed E-state index contributed by atoms with van der Waals surface area (Å²) in [5.41, 5.74) is 1.40. The molecule has 330 valence electrons. The molecule has 10 nitrogen and oxygen atoms in total. The molecule has 10 aromatic rings. The number of nitrogens with one attached hydrogen (secondary N) is 2. The number of aliphatic hydroxyl groups excluding tert-OH is 1. The number of carbonyl (C=O) groups excluding carboxylic acids is 1. The van der Waals surface area contributed by atoms with Crippen LogP contribution in [0.25, 0.3) is 86.2 Å². The Labute approximate surface area is 380 Å². The minimum absolute atomic E-state index is 0.0755. The Balaban J connectivity index is 0.763. The maximum atomic E-state index is 14.1. The normalized spacial score (nSPS) is 18.3. The van der Waals surface area contributed by atoms with Crippen LogP contribution in [0.15, 0.2) is 158 Å². The van der Waals surface area contributed by atoms with Crippen LogP contribution in [-0.2, 0) is 33.2 Å². The van der Waals surface area contributed by atoms with Gasteiger partial charge >= 0.3 is 0 Å². The van der Waals surface area contributed by atoms with Gasteiger partial charge in [0, 0.05) is 22.1 Å². The number of benzene rings is 10.